The number of rotatable bonds is 4. The molecule has 3 aromatic heterocycles. The number of H-pyrrole nitrogens is 2. The highest BCUT2D eigenvalue weighted by atomic mass is 16.1. The van der Waals surface area contributed by atoms with Gasteiger partial charge in [0, 0.05) is 39.7 Å². The molecule has 1 aliphatic carbocycles. The van der Waals surface area contributed by atoms with Crippen LogP contribution in [0.4, 0.5) is 0 Å². The third kappa shape index (κ3) is 5.18. The van der Waals surface area contributed by atoms with E-state index in [0.717, 1.165) is 97.3 Å². The second-order valence-corrected chi connectivity index (χ2v) is 12.4. The van der Waals surface area contributed by atoms with Gasteiger partial charge < -0.3 is 9.97 Å². The van der Waals surface area contributed by atoms with Crippen LogP contribution >= 0.6 is 0 Å². The predicted octanol–water partition coefficient (Wildman–Crippen LogP) is 9.56. The molecule has 47 heavy (non-hydrogen) atoms. The van der Waals surface area contributed by atoms with Crippen LogP contribution in [0, 0.1) is 13.8 Å². The largest absolute Gasteiger partial charge is 0.354 e. The standard InChI is InChI=1S/C41H32N4O2/c1-24-6-10-26(11-7-24)39-33-16-14-31(42-33)30(23-46)32-15-17-34(43-32)40(27-12-8-25(2)9-13-27)36-19-21-38(45-36)41(37-20-18-35(39)44-37)28-4-3-5-29(47)22-28/h6-23,42,45H,3-5H2,1-2H3. The third-order valence-electron chi connectivity index (χ3n) is 9.12. The Morgan fingerprint density at radius 3 is 1.60 bits per heavy atom. The van der Waals surface area contributed by atoms with E-state index >= 15 is 0 Å². The van der Waals surface area contributed by atoms with E-state index in [9.17, 15) is 9.59 Å². The summed E-state index contributed by atoms with van der Waals surface area (Å²) in [5.74, 6) is 0.137. The van der Waals surface area contributed by atoms with Gasteiger partial charge in [-0.05, 0) is 98.0 Å². The zero-order valence-corrected chi connectivity index (χ0v) is 26.2. The number of benzene rings is 2. The molecule has 2 N–H and O–H groups in total. The van der Waals surface area contributed by atoms with E-state index in [1.807, 2.05) is 36.4 Å². The van der Waals surface area contributed by atoms with Gasteiger partial charge in [0.15, 0.2) is 12.1 Å². The zero-order valence-electron chi connectivity index (χ0n) is 26.2. The number of hydrogen-bond acceptors (Lipinski definition) is 4. The van der Waals surface area contributed by atoms with Crippen LogP contribution in [0.5, 0.6) is 0 Å². The molecule has 3 aliphatic rings. The molecular weight excluding hydrogens is 580 g/mol. The highest BCUT2D eigenvalue weighted by Crippen LogP contribution is 2.37. The molecule has 0 amide bonds. The van der Waals surface area contributed by atoms with Gasteiger partial charge in [0.2, 0.25) is 0 Å². The van der Waals surface area contributed by atoms with Crippen LogP contribution < -0.4 is 0 Å². The summed E-state index contributed by atoms with van der Waals surface area (Å²) in [4.78, 5) is 42.9. The molecule has 8 bridgehead atoms. The normalized spacial score (nSPS) is 14.0. The van der Waals surface area contributed by atoms with Gasteiger partial charge in [-0.15, -0.1) is 0 Å². The highest BCUT2D eigenvalue weighted by Gasteiger charge is 2.20. The molecular formula is C41H32N4O2. The molecule has 0 unspecified atom stereocenters. The molecule has 2 aromatic carbocycles. The molecule has 0 fully saturated rings. The number of ketones is 1. The number of hydrogen-bond donors (Lipinski definition) is 2. The Kier molecular flexibility index (Phi) is 6.98. The molecule has 228 valence electrons. The zero-order chi connectivity index (χ0) is 32.1. The SMILES string of the molecule is Cc1ccc(-c2c3nc(c(C4=CC(=O)CCC4)c4ccc([nH]4)c(-c4ccc(C)cc4)c4nc(c(C=O)c5ccc2[nH]5)C=C4)C=C3)cc1. The van der Waals surface area contributed by atoms with Crippen molar-refractivity contribution in [3.05, 3.63) is 124 Å². The van der Waals surface area contributed by atoms with Gasteiger partial charge in [0.1, 0.15) is 0 Å². The first kappa shape index (κ1) is 28.6. The van der Waals surface area contributed by atoms with Gasteiger partial charge in [-0.2, -0.15) is 0 Å². The number of nitrogens with zero attached hydrogens (tertiary/aromatic N) is 2. The summed E-state index contributed by atoms with van der Waals surface area (Å²) in [5, 5.41) is 0. The lowest BCUT2D eigenvalue weighted by atomic mass is 9.92. The monoisotopic (exact) mass is 612 g/mol. The first-order valence-corrected chi connectivity index (χ1v) is 15.9. The van der Waals surface area contributed by atoms with Gasteiger partial charge in [0.25, 0.3) is 0 Å². The third-order valence-corrected chi connectivity index (χ3v) is 9.12. The van der Waals surface area contributed by atoms with E-state index in [0.29, 0.717) is 23.2 Å². The molecule has 0 saturated carbocycles. The van der Waals surface area contributed by atoms with Gasteiger partial charge in [0.05, 0.1) is 33.9 Å². The summed E-state index contributed by atoms with van der Waals surface area (Å²) in [5.41, 5.74) is 14.8. The molecule has 0 saturated heterocycles. The lowest BCUT2D eigenvalue weighted by Crippen LogP contribution is -2.03. The molecule has 0 spiro atoms. The van der Waals surface area contributed by atoms with E-state index in [4.69, 9.17) is 9.97 Å². The molecule has 5 aromatic rings. The van der Waals surface area contributed by atoms with E-state index in [-0.39, 0.29) is 5.78 Å². The predicted molar refractivity (Wildman–Crippen MR) is 191 cm³/mol. The van der Waals surface area contributed by atoms with Crippen LogP contribution in [0.15, 0.2) is 78.9 Å². The molecule has 8 rings (SSSR count). The minimum Gasteiger partial charge on any atom is -0.354 e. The van der Waals surface area contributed by atoms with Gasteiger partial charge in [-0.25, -0.2) is 9.97 Å². The Balaban J connectivity index is 1.55. The molecule has 2 aliphatic heterocycles. The molecule has 0 atom stereocenters. The second kappa shape index (κ2) is 11.5. The topological polar surface area (TPSA) is 91.5 Å². The highest BCUT2D eigenvalue weighted by molar-refractivity contribution is 6.03. The lowest BCUT2D eigenvalue weighted by molar-refractivity contribution is -0.114. The van der Waals surface area contributed by atoms with Crippen molar-refractivity contribution in [3.8, 4) is 22.3 Å². The second-order valence-electron chi connectivity index (χ2n) is 12.4. The number of aromatic amines is 2. The first-order valence-electron chi connectivity index (χ1n) is 15.9. The van der Waals surface area contributed by atoms with Gasteiger partial charge >= 0.3 is 0 Å². The van der Waals surface area contributed by atoms with E-state index in [1.165, 1.54) is 0 Å². The van der Waals surface area contributed by atoms with Crippen molar-refractivity contribution in [2.24, 2.45) is 0 Å². The van der Waals surface area contributed by atoms with Crippen molar-refractivity contribution in [3.63, 3.8) is 0 Å². The van der Waals surface area contributed by atoms with E-state index in [1.54, 1.807) is 6.08 Å². The number of allylic oxidation sites excluding steroid dienone is 2. The molecule has 5 heterocycles. The van der Waals surface area contributed by atoms with Crippen LogP contribution in [0.3, 0.4) is 0 Å². The minimum atomic E-state index is 0.137. The fraction of sp³-hybridized carbons (Fsp3) is 0.122. The number of carbonyl (C=O) groups excluding carboxylic acids is 2. The quantitative estimate of drug-likeness (QED) is 0.194. The summed E-state index contributed by atoms with van der Waals surface area (Å²) in [6.07, 6.45) is 12.8. The Morgan fingerprint density at radius 1 is 0.574 bits per heavy atom. The Labute approximate surface area is 272 Å². The average Bonchev–Trinajstić information content (AvgIpc) is 3.90. The van der Waals surface area contributed by atoms with Crippen LogP contribution in [-0.4, -0.2) is 32.0 Å². The van der Waals surface area contributed by atoms with Crippen molar-refractivity contribution < 1.29 is 9.59 Å². The van der Waals surface area contributed by atoms with Crippen molar-refractivity contribution in [2.45, 2.75) is 33.1 Å². The fourth-order valence-corrected chi connectivity index (χ4v) is 6.73. The maximum atomic E-state index is 12.7. The van der Waals surface area contributed by atoms with Crippen molar-refractivity contribution >= 4 is 64.0 Å². The van der Waals surface area contributed by atoms with Crippen LogP contribution in [0.25, 0.3) is 74.2 Å². The minimum absolute atomic E-state index is 0.137. The Morgan fingerprint density at radius 2 is 1.04 bits per heavy atom. The fourth-order valence-electron chi connectivity index (χ4n) is 6.73. The molecule has 0 radical (unpaired) electrons. The number of aromatic nitrogens is 4. The van der Waals surface area contributed by atoms with Crippen molar-refractivity contribution in [1.82, 2.24) is 19.9 Å². The summed E-state index contributed by atoms with van der Waals surface area (Å²) in [6, 6.07) is 24.8. The van der Waals surface area contributed by atoms with Crippen molar-refractivity contribution in [2.75, 3.05) is 0 Å². The summed E-state index contributed by atoms with van der Waals surface area (Å²) in [6.45, 7) is 4.14. The number of fused-ring (bicyclic) bond motifs is 8. The van der Waals surface area contributed by atoms with Crippen LogP contribution in [-0.2, 0) is 4.79 Å². The molecule has 6 nitrogen and oxygen atoms in total. The maximum absolute atomic E-state index is 12.7. The number of carbonyl (C=O) groups is 2. The number of nitrogens with one attached hydrogen (secondary N) is 2. The summed E-state index contributed by atoms with van der Waals surface area (Å²) < 4.78 is 0. The smallest absolute Gasteiger partial charge is 0.155 e. The first-order chi connectivity index (χ1) is 22.9. The number of aryl methyl sites for hydroxylation is 2. The Hall–Kier alpha value is -5.88. The average molecular weight is 613 g/mol. The van der Waals surface area contributed by atoms with Crippen molar-refractivity contribution in [1.29, 1.82) is 0 Å². The van der Waals surface area contributed by atoms with Gasteiger partial charge in [-0.3, -0.25) is 9.59 Å². The van der Waals surface area contributed by atoms with Gasteiger partial charge in [-0.1, -0.05) is 59.7 Å². The van der Waals surface area contributed by atoms with E-state index in [2.05, 4.69) is 84.5 Å². The van der Waals surface area contributed by atoms with Crippen LogP contribution in [0.1, 0.15) is 69.1 Å². The van der Waals surface area contributed by atoms with Crippen LogP contribution in [0.2, 0.25) is 0 Å². The lowest BCUT2D eigenvalue weighted by Gasteiger charge is -2.13. The molecule has 6 heteroatoms. The maximum Gasteiger partial charge on any atom is 0.155 e. The summed E-state index contributed by atoms with van der Waals surface area (Å²) >= 11 is 0. The number of aldehydes is 1. The Bertz CT molecular complexity index is 2320. The van der Waals surface area contributed by atoms with E-state index < -0.39 is 0 Å². The summed E-state index contributed by atoms with van der Waals surface area (Å²) in [7, 11) is 0.